The topological polar surface area (TPSA) is 55.1 Å². The molecule has 4 nitrogen and oxygen atoms in total. The lowest BCUT2D eigenvalue weighted by Gasteiger charge is -2.01. The first-order valence-electron chi connectivity index (χ1n) is 5.20. The number of carboxylic acid groups (broad SMARTS) is 1. The van der Waals surface area contributed by atoms with Crippen molar-refractivity contribution in [3.8, 4) is 11.8 Å². The molecule has 1 heterocycles. The maximum Gasteiger partial charge on any atom is 0.307 e. The number of aromatic nitrogens is 2. The van der Waals surface area contributed by atoms with E-state index in [9.17, 15) is 4.79 Å². The third kappa shape index (κ3) is 2.86. The summed E-state index contributed by atoms with van der Waals surface area (Å²) < 4.78 is 1.83. The molecular weight excluding hydrogens is 204 g/mol. The standard InChI is InChI=1S/C12H16N2O2/c1-4-5-6-7-14-10(3)11(8-12(15)16)9(2)13-14/h6-8H2,1-3H3,(H,15,16). The predicted octanol–water partition coefficient (Wildman–Crippen LogP) is 1.54. The van der Waals surface area contributed by atoms with Crippen LogP contribution in [0.3, 0.4) is 0 Å². The normalized spacial score (nSPS) is 9.69. The fraction of sp³-hybridized carbons (Fsp3) is 0.500. The first kappa shape index (κ1) is 12.3. The second-order valence-corrected chi connectivity index (χ2v) is 3.62. The van der Waals surface area contributed by atoms with Gasteiger partial charge in [-0.3, -0.25) is 9.48 Å². The molecule has 0 spiro atoms. The van der Waals surface area contributed by atoms with Crippen molar-refractivity contribution in [2.45, 2.75) is 40.2 Å². The predicted molar refractivity (Wildman–Crippen MR) is 61.1 cm³/mol. The first-order valence-corrected chi connectivity index (χ1v) is 5.20. The molecule has 1 aromatic heterocycles. The highest BCUT2D eigenvalue weighted by Crippen LogP contribution is 2.14. The van der Waals surface area contributed by atoms with Crippen molar-refractivity contribution in [3.63, 3.8) is 0 Å². The summed E-state index contributed by atoms with van der Waals surface area (Å²) in [6, 6.07) is 0. The number of hydrogen-bond acceptors (Lipinski definition) is 2. The minimum atomic E-state index is -0.820. The highest BCUT2D eigenvalue weighted by Gasteiger charge is 2.13. The molecule has 86 valence electrons. The Morgan fingerprint density at radius 1 is 1.50 bits per heavy atom. The molecule has 16 heavy (non-hydrogen) atoms. The zero-order chi connectivity index (χ0) is 12.1. The van der Waals surface area contributed by atoms with Crippen molar-refractivity contribution in [1.82, 2.24) is 9.78 Å². The van der Waals surface area contributed by atoms with E-state index in [2.05, 4.69) is 16.9 Å². The summed E-state index contributed by atoms with van der Waals surface area (Å²) in [5, 5.41) is 13.1. The smallest absolute Gasteiger partial charge is 0.307 e. The monoisotopic (exact) mass is 220 g/mol. The van der Waals surface area contributed by atoms with E-state index in [1.807, 2.05) is 18.5 Å². The number of aryl methyl sites for hydroxylation is 2. The summed E-state index contributed by atoms with van der Waals surface area (Å²) in [6.45, 7) is 6.26. The lowest BCUT2D eigenvalue weighted by atomic mass is 10.1. The third-order valence-corrected chi connectivity index (χ3v) is 2.48. The van der Waals surface area contributed by atoms with E-state index in [0.717, 1.165) is 23.4 Å². The fourth-order valence-electron chi connectivity index (χ4n) is 1.65. The first-order chi connectivity index (χ1) is 7.56. The van der Waals surface area contributed by atoms with Gasteiger partial charge in [0.15, 0.2) is 0 Å². The summed E-state index contributed by atoms with van der Waals surface area (Å²) in [4.78, 5) is 10.7. The van der Waals surface area contributed by atoms with Crippen molar-refractivity contribution in [2.75, 3.05) is 0 Å². The molecule has 0 aromatic carbocycles. The van der Waals surface area contributed by atoms with Gasteiger partial charge in [0.05, 0.1) is 18.7 Å². The van der Waals surface area contributed by atoms with Crippen LogP contribution < -0.4 is 0 Å². The Hall–Kier alpha value is -1.76. The van der Waals surface area contributed by atoms with Gasteiger partial charge in [0.1, 0.15) is 0 Å². The van der Waals surface area contributed by atoms with Crippen LogP contribution in [0.2, 0.25) is 0 Å². The molecule has 1 rings (SSSR count). The summed E-state index contributed by atoms with van der Waals surface area (Å²) in [5.74, 6) is 4.97. The van der Waals surface area contributed by atoms with E-state index in [1.165, 1.54) is 0 Å². The molecule has 4 heteroatoms. The number of rotatable bonds is 4. The lowest BCUT2D eigenvalue weighted by Crippen LogP contribution is -2.04. The Morgan fingerprint density at radius 2 is 2.19 bits per heavy atom. The van der Waals surface area contributed by atoms with Gasteiger partial charge in [0.25, 0.3) is 0 Å². The number of nitrogens with zero attached hydrogens (tertiary/aromatic N) is 2. The fourth-order valence-corrected chi connectivity index (χ4v) is 1.65. The van der Waals surface area contributed by atoms with Crippen molar-refractivity contribution < 1.29 is 9.90 Å². The number of carboxylic acids is 1. The Bertz CT molecular complexity index is 450. The molecule has 0 amide bonds. The second-order valence-electron chi connectivity index (χ2n) is 3.62. The summed E-state index contributed by atoms with van der Waals surface area (Å²) in [5.41, 5.74) is 2.54. The van der Waals surface area contributed by atoms with Crippen LogP contribution in [0.25, 0.3) is 0 Å². The average molecular weight is 220 g/mol. The van der Waals surface area contributed by atoms with E-state index < -0.39 is 5.97 Å². The van der Waals surface area contributed by atoms with E-state index in [4.69, 9.17) is 5.11 Å². The number of hydrogen-bond donors (Lipinski definition) is 1. The molecule has 0 radical (unpaired) electrons. The van der Waals surface area contributed by atoms with Crippen LogP contribution in [-0.4, -0.2) is 20.9 Å². The average Bonchev–Trinajstić information content (AvgIpc) is 2.46. The van der Waals surface area contributed by atoms with E-state index in [-0.39, 0.29) is 6.42 Å². The van der Waals surface area contributed by atoms with Crippen molar-refractivity contribution >= 4 is 5.97 Å². The van der Waals surface area contributed by atoms with Crippen LogP contribution in [0.4, 0.5) is 0 Å². The van der Waals surface area contributed by atoms with Gasteiger partial charge in [-0.25, -0.2) is 0 Å². The summed E-state index contributed by atoms with van der Waals surface area (Å²) in [6.07, 6.45) is 0.780. The largest absolute Gasteiger partial charge is 0.481 e. The molecule has 0 saturated carbocycles. The highest BCUT2D eigenvalue weighted by atomic mass is 16.4. The Kier molecular flexibility index (Phi) is 4.12. The van der Waals surface area contributed by atoms with Gasteiger partial charge >= 0.3 is 5.97 Å². The molecule has 0 aliphatic heterocycles. The van der Waals surface area contributed by atoms with Crippen LogP contribution in [-0.2, 0) is 17.8 Å². The highest BCUT2D eigenvalue weighted by molar-refractivity contribution is 5.70. The van der Waals surface area contributed by atoms with E-state index in [0.29, 0.717) is 6.54 Å². The lowest BCUT2D eigenvalue weighted by molar-refractivity contribution is -0.136. The van der Waals surface area contributed by atoms with Gasteiger partial charge in [-0.05, 0) is 20.8 Å². The molecule has 0 saturated heterocycles. The SMILES string of the molecule is CC#CCCn1nc(C)c(CC(=O)O)c1C. The Balaban J connectivity index is 2.86. The van der Waals surface area contributed by atoms with Gasteiger partial charge in [-0.1, -0.05) is 0 Å². The minimum Gasteiger partial charge on any atom is -0.481 e. The molecule has 1 aromatic rings. The molecule has 0 atom stereocenters. The molecule has 0 aliphatic carbocycles. The molecule has 1 N–H and O–H groups in total. The van der Waals surface area contributed by atoms with Gasteiger partial charge in [0, 0.05) is 17.7 Å². The third-order valence-electron chi connectivity index (χ3n) is 2.48. The van der Waals surface area contributed by atoms with Crippen LogP contribution in [0.1, 0.15) is 30.3 Å². The Morgan fingerprint density at radius 3 is 2.75 bits per heavy atom. The van der Waals surface area contributed by atoms with Crippen LogP contribution >= 0.6 is 0 Å². The van der Waals surface area contributed by atoms with E-state index >= 15 is 0 Å². The summed E-state index contributed by atoms with van der Waals surface area (Å²) >= 11 is 0. The van der Waals surface area contributed by atoms with Crippen molar-refractivity contribution in [1.29, 1.82) is 0 Å². The molecule has 0 bridgehead atoms. The molecule has 0 unspecified atom stereocenters. The molecule has 0 fully saturated rings. The van der Waals surface area contributed by atoms with Gasteiger partial charge in [-0.15, -0.1) is 11.8 Å². The zero-order valence-corrected chi connectivity index (χ0v) is 9.87. The van der Waals surface area contributed by atoms with Gasteiger partial charge < -0.3 is 5.11 Å². The summed E-state index contributed by atoms with van der Waals surface area (Å²) in [7, 11) is 0. The molecular formula is C12H16N2O2. The van der Waals surface area contributed by atoms with Crippen molar-refractivity contribution in [2.24, 2.45) is 0 Å². The zero-order valence-electron chi connectivity index (χ0n) is 9.87. The molecule has 0 aliphatic rings. The maximum absolute atomic E-state index is 10.7. The van der Waals surface area contributed by atoms with Gasteiger partial charge in [0.2, 0.25) is 0 Å². The van der Waals surface area contributed by atoms with E-state index in [1.54, 1.807) is 6.92 Å². The second kappa shape index (κ2) is 5.36. The maximum atomic E-state index is 10.7. The minimum absolute atomic E-state index is 0.0388. The van der Waals surface area contributed by atoms with Gasteiger partial charge in [-0.2, -0.15) is 5.10 Å². The van der Waals surface area contributed by atoms with Crippen LogP contribution in [0.15, 0.2) is 0 Å². The van der Waals surface area contributed by atoms with Crippen LogP contribution in [0, 0.1) is 25.7 Å². The number of carbonyl (C=O) groups is 1. The quantitative estimate of drug-likeness (QED) is 0.783. The van der Waals surface area contributed by atoms with Crippen molar-refractivity contribution in [3.05, 3.63) is 17.0 Å². The number of aliphatic carboxylic acids is 1. The van der Waals surface area contributed by atoms with Crippen LogP contribution in [0.5, 0.6) is 0 Å². The Labute approximate surface area is 95.3 Å².